The molecule has 3 rings (SSSR count). The number of likely N-dealkylation sites (tertiary alicyclic amines) is 1. The first-order valence-electron chi connectivity index (χ1n) is 8.01. The van der Waals surface area contributed by atoms with Gasteiger partial charge in [-0.25, -0.2) is 9.59 Å². The van der Waals surface area contributed by atoms with Gasteiger partial charge in [-0.05, 0) is 49.4 Å². The minimum Gasteiger partial charge on any atom is -0.462 e. The topological polar surface area (TPSA) is 78.9 Å². The highest BCUT2D eigenvalue weighted by Crippen LogP contribution is 2.29. The number of piperidine rings is 1. The fourth-order valence-electron chi connectivity index (χ4n) is 2.77. The Morgan fingerprint density at radius 1 is 1.42 bits per heavy atom. The molecule has 2 N–H and O–H groups in total. The van der Waals surface area contributed by atoms with Crippen LogP contribution in [0.5, 0.6) is 0 Å². The third-order valence-corrected chi connectivity index (χ3v) is 5.02. The number of amides is 2. The molecule has 0 bridgehead atoms. The van der Waals surface area contributed by atoms with E-state index in [-0.39, 0.29) is 12.0 Å². The Morgan fingerprint density at radius 2 is 2.25 bits per heavy atom. The van der Waals surface area contributed by atoms with Crippen LogP contribution in [0, 0.1) is 0 Å². The zero-order chi connectivity index (χ0) is 17.1. The van der Waals surface area contributed by atoms with Gasteiger partial charge in [-0.3, -0.25) is 0 Å². The van der Waals surface area contributed by atoms with E-state index in [0.29, 0.717) is 30.3 Å². The van der Waals surface area contributed by atoms with Crippen LogP contribution >= 0.6 is 11.3 Å². The number of nitrogens with one attached hydrogen (secondary N) is 1. The van der Waals surface area contributed by atoms with E-state index in [2.05, 4.69) is 5.32 Å². The molecule has 0 aliphatic carbocycles. The zero-order valence-electron chi connectivity index (χ0n) is 13.4. The number of hydrogen-bond donors (Lipinski definition) is 2. The number of urea groups is 1. The summed E-state index contributed by atoms with van der Waals surface area (Å²) in [5.74, 6) is -0.327. The maximum absolute atomic E-state index is 12.3. The largest absolute Gasteiger partial charge is 0.462 e. The highest BCUT2D eigenvalue weighted by molar-refractivity contribution is 7.20. The zero-order valence-corrected chi connectivity index (χ0v) is 14.3. The van der Waals surface area contributed by atoms with Gasteiger partial charge in [0.05, 0.1) is 12.7 Å². The number of rotatable bonds is 3. The number of benzene rings is 1. The van der Waals surface area contributed by atoms with Crippen molar-refractivity contribution in [1.29, 1.82) is 0 Å². The molecule has 2 heterocycles. The SMILES string of the molecule is CCOC(=O)c1cc2cc(NC(=O)N3CCCC(O)C3)ccc2s1. The van der Waals surface area contributed by atoms with E-state index in [1.165, 1.54) is 11.3 Å². The number of thiophene rings is 1. The number of esters is 1. The van der Waals surface area contributed by atoms with E-state index in [1.54, 1.807) is 17.9 Å². The van der Waals surface area contributed by atoms with Crippen molar-refractivity contribution in [3.05, 3.63) is 29.1 Å². The van der Waals surface area contributed by atoms with Gasteiger partial charge in [0.25, 0.3) is 0 Å². The van der Waals surface area contributed by atoms with Crippen molar-refractivity contribution in [2.75, 3.05) is 25.0 Å². The summed E-state index contributed by atoms with van der Waals surface area (Å²) in [6.07, 6.45) is 1.10. The Balaban J connectivity index is 1.73. The number of hydrogen-bond acceptors (Lipinski definition) is 5. The second kappa shape index (κ2) is 7.19. The third-order valence-electron chi connectivity index (χ3n) is 3.93. The van der Waals surface area contributed by atoms with Crippen LogP contribution in [-0.2, 0) is 4.74 Å². The van der Waals surface area contributed by atoms with Crippen LogP contribution in [0.15, 0.2) is 24.3 Å². The van der Waals surface area contributed by atoms with Crippen LogP contribution in [0.3, 0.4) is 0 Å². The minimum atomic E-state index is -0.448. The van der Waals surface area contributed by atoms with Crippen molar-refractivity contribution in [3.8, 4) is 0 Å². The molecule has 24 heavy (non-hydrogen) atoms. The number of carbonyl (C=O) groups is 2. The summed E-state index contributed by atoms with van der Waals surface area (Å²) in [4.78, 5) is 26.3. The second-order valence-corrected chi connectivity index (χ2v) is 6.84. The number of fused-ring (bicyclic) bond motifs is 1. The Bertz CT molecular complexity index is 758. The first kappa shape index (κ1) is 16.7. The lowest BCUT2D eigenvalue weighted by Gasteiger charge is -2.30. The van der Waals surface area contributed by atoms with Gasteiger partial charge in [0.1, 0.15) is 4.88 Å². The normalized spacial score (nSPS) is 17.8. The summed E-state index contributed by atoms with van der Waals surface area (Å²) < 4.78 is 5.98. The Morgan fingerprint density at radius 3 is 3.00 bits per heavy atom. The van der Waals surface area contributed by atoms with Gasteiger partial charge in [0, 0.05) is 23.5 Å². The molecule has 0 spiro atoms. The Hall–Kier alpha value is -2.12. The molecule has 2 aromatic rings. The van der Waals surface area contributed by atoms with E-state index in [9.17, 15) is 14.7 Å². The van der Waals surface area contributed by atoms with Gasteiger partial charge in [-0.15, -0.1) is 11.3 Å². The highest BCUT2D eigenvalue weighted by atomic mass is 32.1. The molecule has 1 saturated heterocycles. The van der Waals surface area contributed by atoms with Crippen molar-refractivity contribution < 1.29 is 19.4 Å². The molecule has 1 aromatic carbocycles. The standard InChI is InChI=1S/C17H20N2O4S/c1-2-23-16(21)15-9-11-8-12(5-6-14(11)24-15)18-17(22)19-7-3-4-13(20)10-19/h5-6,8-9,13,20H,2-4,7,10H2,1H3,(H,18,22). The summed E-state index contributed by atoms with van der Waals surface area (Å²) in [5.41, 5.74) is 0.667. The molecule has 7 heteroatoms. The quantitative estimate of drug-likeness (QED) is 0.836. The van der Waals surface area contributed by atoms with Crippen LogP contribution in [0.4, 0.5) is 10.5 Å². The average Bonchev–Trinajstić information content (AvgIpc) is 2.98. The second-order valence-electron chi connectivity index (χ2n) is 5.76. The van der Waals surface area contributed by atoms with Gasteiger partial charge in [0.2, 0.25) is 0 Å². The van der Waals surface area contributed by atoms with Crippen LogP contribution < -0.4 is 5.32 Å². The molecule has 1 unspecified atom stereocenters. The van der Waals surface area contributed by atoms with E-state index in [1.807, 2.05) is 18.2 Å². The van der Waals surface area contributed by atoms with Crippen molar-refractivity contribution in [3.63, 3.8) is 0 Å². The molecule has 128 valence electrons. The molecular weight excluding hydrogens is 328 g/mol. The molecular formula is C17H20N2O4S. The highest BCUT2D eigenvalue weighted by Gasteiger charge is 2.22. The van der Waals surface area contributed by atoms with E-state index in [4.69, 9.17) is 4.74 Å². The molecule has 0 saturated carbocycles. The summed E-state index contributed by atoms with van der Waals surface area (Å²) in [7, 11) is 0. The van der Waals surface area contributed by atoms with E-state index in [0.717, 1.165) is 22.9 Å². The average molecular weight is 348 g/mol. The van der Waals surface area contributed by atoms with Crippen molar-refractivity contribution >= 4 is 39.1 Å². The maximum Gasteiger partial charge on any atom is 0.348 e. The molecule has 1 atom stereocenters. The summed E-state index contributed by atoms with van der Waals surface area (Å²) in [5, 5.41) is 13.4. The molecule has 1 aromatic heterocycles. The summed E-state index contributed by atoms with van der Waals surface area (Å²) in [6.45, 7) is 3.13. The first-order chi connectivity index (χ1) is 11.6. The lowest BCUT2D eigenvalue weighted by atomic mass is 10.1. The number of aliphatic hydroxyl groups is 1. The maximum atomic E-state index is 12.3. The Labute approximate surface area is 144 Å². The third kappa shape index (κ3) is 3.68. The smallest absolute Gasteiger partial charge is 0.348 e. The van der Waals surface area contributed by atoms with Crippen LogP contribution in [0.25, 0.3) is 10.1 Å². The number of carbonyl (C=O) groups excluding carboxylic acids is 2. The minimum absolute atomic E-state index is 0.214. The van der Waals surface area contributed by atoms with Crippen molar-refractivity contribution in [1.82, 2.24) is 4.90 Å². The van der Waals surface area contributed by atoms with Gasteiger partial charge in [-0.1, -0.05) is 0 Å². The van der Waals surface area contributed by atoms with Gasteiger partial charge in [0.15, 0.2) is 0 Å². The number of ether oxygens (including phenoxy) is 1. The fraction of sp³-hybridized carbons (Fsp3) is 0.412. The number of nitrogens with zero attached hydrogens (tertiary/aromatic N) is 1. The van der Waals surface area contributed by atoms with Gasteiger partial charge in [-0.2, -0.15) is 0 Å². The molecule has 0 radical (unpaired) electrons. The lowest BCUT2D eigenvalue weighted by molar-refractivity contribution is 0.0532. The number of aliphatic hydroxyl groups excluding tert-OH is 1. The van der Waals surface area contributed by atoms with E-state index >= 15 is 0 Å². The summed E-state index contributed by atoms with van der Waals surface area (Å²) in [6, 6.07) is 7.09. The Kier molecular flexibility index (Phi) is 5.01. The first-order valence-corrected chi connectivity index (χ1v) is 8.83. The van der Waals surface area contributed by atoms with E-state index < -0.39 is 6.10 Å². The van der Waals surface area contributed by atoms with Crippen LogP contribution in [0.2, 0.25) is 0 Å². The van der Waals surface area contributed by atoms with Crippen molar-refractivity contribution in [2.45, 2.75) is 25.9 Å². The predicted octanol–water partition coefficient (Wildman–Crippen LogP) is 3.07. The van der Waals surface area contributed by atoms with Crippen molar-refractivity contribution in [2.24, 2.45) is 0 Å². The molecule has 1 aliphatic rings. The molecule has 1 aliphatic heterocycles. The van der Waals surface area contributed by atoms with Gasteiger partial charge < -0.3 is 20.1 Å². The fourth-order valence-corrected chi connectivity index (χ4v) is 3.70. The predicted molar refractivity (Wildman–Crippen MR) is 93.6 cm³/mol. The molecule has 2 amide bonds. The number of β-amino-alcohol motifs (C(OH)–C–C–N with tert-alkyl or cyclic N) is 1. The molecule has 6 nitrogen and oxygen atoms in total. The lowest BCUT2D eigenvalue weighted by Crippen LogP contribution is -2.44. The monoisotopic (exact) mass is 348 g/mol. The molecule has 1 fully saturated rings. The van der Waals surface area contributed by atoms with Crippen LogP contribution in [-0.4, -0.2) is 47.8 Å². The number of anilines is 1. The van der Waals surface area contributed by atoms with Gasteiger partial charge >= 0.3 is 12.0 Å². The summed E-state index contributed by atoms with van der Waals surface area (Å²) >= 11 is 1.37. The van der Waals surface area contributed by atoms with Crippen LogP contribution in [0.1, 0.15) is 29.4 Å².